The summed E-state index contributed by atoms with van der Waals surface area (Å²) in [7, 11) is -3.79. The van der Waals surface area contributed by atoms with E-state index >= 15 is 0 Å². The van der Waals surface area contributed by atoms with Crippen LogP contribution in [0.15, 0.2) is 53.7 Å². The zero-order valence-corrected chi connectivity index (χ0v) is 19.8. The van der Waals surface area contributed by atoms with Gasteiger partial charge in [-0.25, -0.2) is 22.4 Å². The lowest BCUT2D eigenvalue weighted by Crippen LogP contribution is -2.33. The lowest BCUT2D eigenvalue weighted by molar-refractivity contribution is -0.0389. The van der Waals surface area contributed by atoms with Gasteiger partial charge >= 0.3 is 0 Å². The Morgan fingerprint density at radius 2 is 1.90 bits per heavy atom. The molecule has 0 bridgehead atoms. The molecule has 0 radical (unpaired) electrons. The molecule has 1 fully saturated rings. The molecule has 154 valence electrons. The van der Waals surface area contributed by atoms with Gasteiger partial charge in [-0.1, -0.05) is 17.7 Å². The minimum Gasteiger partial charge on any atom is -0.383 e. The number of aliphatic hydroxyl groups is 1. The second kappa shape index (κ2) is 7.11. The molecule has 0 saturated heterocycles. The van der Waals surface area contributed by atoms with Crippen LogP contribution in [-0.2, 0) is 15.6 Å². The largest absolute Gasteiger partial charge is 0.383 e. The summed E-state index contributed by atoms with van der Waals surface area (Å²) in [5.74, 6) is 0. The molecule has 4 aromatic rings. The van der Waals surface area contributed by atoms with Crippen molar-refractivity contribution in [2.45, 2.75) is 36.7 Å². The number of hydrogen-bond acceptors (Lipinski definition) is 6. The fourth-order valence-electron chi connectivity index (χ4n) is 3.64. The van der Waals surface area contributed by atoms with E-state index in [0.29, 0.717) is 9.35 Å². The van der Waals surface area contributed by atoms with E-state index in [1.54, 1.807) is 36.7 Å². The highest BCUT2D eigenvalue weighted by atomic mass is 127. The number of thiazole rings is 1. The van der Waals surface area contributed by atoms with Gasteiger partial charge in [0.1, 0.15) is 10.6 Å². The average Bonchev–Trinajstić information content (AvgIpc) is 3.30. The van der Waals surface area contributed by atoms with Crippen molar-refractivity contribution in [2.75, 3.05) is 0 Å². The second-order valence-corrected chi connectivity index (χ2v) is 11.5. The number of halogens is 1. The SMILES string of the molecule is Cc1ccc(S(=O)(=O)n2c(I)cc3c(-c4cnc(C5(O)CCC5)s4)ccnc32)cc1. The van der Waals surface area contributed by atoms with Gasteiger partial charge in [0.15, 0.2) is 5.65 Å². The first kappa shape index (κ1) is 20.1. The molecule has 3 heterocycles. The van der Waals surface area contributed by atoms with Crippen LogP contribution in [-0.4, -0.2) is 27.5 Å². The van der Waals surface area contributed by atoms with Crippen molar-refractivity contribution >= 4 is 55.0 Å². The smallest absolute Gasteiger partial charge is 0.270 e. The van der Waals surface area contributed by atoms with E-state index in [-0.39, 0.29) is 4.90 Å². The molecule has 1 saturated carbocycles. The molecular weight excluding hydrogens is 533 g/mol. The molecule has 1 aliphatic carbocycles. The number of hydrogen-bond donors (Lipinski definition) is 1. The van der Waals surface area contributed by atoms with Crippen LogP contribution in [0.25, 0.3) is 21.5 Å². The minimum atomic E-state index is -3.79. The van der Waals surface area contributed by atoms with E-state index in [9.17, 15) is 13.5 Å². The lowest BCUT2D eigenvalue weighted by Gasteiger charge is -2.34. The Morgan fingerprint density at radius 1 is 1.17 bits per heavy atom. The number of pyridine rings is 1. The first-order chi connectivity index (χ1) is 14.3. The molecule has 30 heavy (non-hydrogen) atoms. The number of aromatic nitrogens is 3. The summed E-state index contributed by atoms with van der Waals surface area (Å²) in [4.78, 5) is 9.96. The number of benzene rings is 1. The van der Waals surface area contributed by atoms with Gasteiger partial charge in [0.05, 0.1) is 13.5 Å². The van der Waals surface area contributed by atoms with Crippen LogP contribution in [0.3, 0.4) is 0 Å². The van der Waals surface area contributed by atoms with Gasteiger partial charge < -0.3 is 5.11 Å². The first-order valence-corrected chi connectivity index (χ1v) is 12.8. The van der Waals surface area contributed by atoms with Crippen molar-refractivity contribution < 1.29 is 13.5 Å². The van der Waals surface area contributed by atoms with Crippen LogP contribution >= 0.6 is 33.9 Å². The lowest BCUT2D eigenvalue weighted by atomic mass is 9.81. The summed E-state index contributed by atoms with van der Waals surface area (Å²) in [5.41, 5.74) is 1.43. The first-order valence-electron chi connectivity index (χ1n) is 9.47. The Balaban J connectivity index is 1.65. The van der Waals surface area contributed by atoms with Crippen LogP contribution in [0.5, 0.6) is 0 Å². The topological polar surface area (TPSA) is 85.1 Å². The molecule has 0 aliphatic heterocycles. The van der Waals surface area contributed by atoms with Crippen LogP contribution in [0.4, 0.5) is 0 Å². The summed E-state index contributed by atoms with van der Waals surface area (Å²) >= 11 is 3.49. The van der Waals surface area contributed by atoms with Gasteiger partial charge in [-0.2, -0.15) is 0 Å². The maximum atomic E-state index is 13.3. The summed E-state index contributed by atoms with van der Waals surface area (Å²) < 4.78 is 28.5. The van der Waals surface area contributed by atoms with Gasteiger partial charge in [-0.05, 0) is 73.0 Å². The van der Waals surface area contributed by atoms with E-state index in [1.807, 2.05) is 41.6 Å². The summed E-state index contributed by atoms with van der Waals surface area (Å²) in [6.45, 7) is 1.92. The third kappa shape index (κ3) is 3.10. The molecule has 1 aliphatic rings. The normalized spacial score (nSPS) is 16.0. The fourth-order valence-corrected chi connectivity index (χ4v) is 7.41. The van der Waals surface area contributed by atoms with Gasteiger partial charge in [0, 0.05) is 23.3 Å². The second-order valence-electron chi connectivity index (χ2n) is 7.56. The van der Waals surface area contributed by atoms with Crippen LogP contribution in [0, 0.1) is 10.6 Å². The monoisotopic (exact) mass is 551 g/mol. The van der Waals surface area contributed by atoms with Crippen LogP contribution in [0.1, 0.15) is 29.8 Å². The zero-order valence-electron chi connectivity index (χ0n) is 16.0. The molecule has 6 nitrogen and oxygen atoms in total. The van der Waals surface area contributed by atoms with Gasteiger partial charge in [-0.15, -0.1) is 11.3 Å². The Labute approximate surface area is 191 Å². The van der Waals surface area contributed by atoms with Crippen LogP contribution < -0.4 is 0 Å². The third-order valence-electron chi connectivity index (χ3n) is 5.53. The molecular formula is C21H18IN3O3S2. The molecule has 0 atom stereocenters. The van der Waals surface area contributed by atoms with Gasteiger partial charge in [-0.3, -0.25) is 0 Å². The zero-order chi connectivity index (χ0) is 21.1. The number of aryl methyl sites for hydroxylation is 1. The highest BCUT2D eigenvalue weighted by Gasteiger charge is 2.39. The average molecular weight is 551 g/mol. The molecule has 0 amide bonds. The van der Waals surface area contributed by atoms with E-state index in [1.165, 1.54) is 15.3 Å². The summed E-state index contributed by atoms with van der Waals surface area (Å²) in [6, 6.07) is 10.5. The molecule has 1 N–H and O–H groups in total. The van der Waals surface area contributed by atoms with E-state index in [0.717, 1.165) is 45.7 Å². The van der Waals surface area contributed by atoms with Crippen molar-refractivity contribution in [2.24, 2.45) is 0 Å². The summed E-state index contributed by atoms with van der Waals surface area (Å²) in [6.07, 6.45) is 5.84. The number of nitrogens with zero attached hydrogens (tertiary/aromatic N) is 3. The maximum Gasteiger partial charge on any atom is 0.270 e. The predicted octanol–water partition coefficient (Wildman–Crippen LogP) is 4.68. The Kier molecular flexibility index (Phi) is 4.77. The number of rotatable bonds is 4. The maximum absolute atomic E-state index is 13.3. The predicted molar refractivity (Wildman–Crippen MR) is 125 cm³/mol. The number of fused-ring (bicyclic) bond motifs is 1. The quantitative estimate of drug-likeness (QED) is 0.373. The minimum absolute atomic E-state index is 0.225. The summed E-state index contributed by atoms with van der Waals surface area (Å²) in [5, 5.41) is 12.1. The van der Waals surface area contributed by atoms with Gasteiger partial charge in [0.25, 0.3) is 10.0 Å². The Bertz CT molecular complexity index is 1370. The van der Waals surface area contributed by atoms with Crippen molar-refractivity contribution in [1.29, 1.82) is 0 Å². The standard InChI is InChI=1S/C21H18IN3O3S2/c1-13-3-5-14(6-4-13)30(27,28)25-18(22)11-16-15(7-10-23-19(16)25)17-12-24-20(29-17)21(26)8-2-9-21/h3-7,10-12,26H,2,8-9H2,1H3. The van der Waals surface area contributed by atoms with Gasteiger partial charge in [0.2, 0.25) is 0 Å². The van der Waals surface area contributed by atoms with Crippen molar-refractivity contribution in [1.82, 2.24) is 13.9 Å². The molecule has 1 aromatic carbocycles. The highest BCUT2D eigenvalue weighted by molar-refractivity contribution is 14.1. The Morgan fingerprint density at radius 3 is 2.57 bits per heavy atom. The molecule has 0 spiro atoms. The molecule has 5 rings (SSSR count). The highest BCUT2D eigenvalue weighted by Crippen LogP contribution is 2.45. The Hall–Kier alpha value is -1.82. The van der Waals surface area contributed by atoms with E-state index in [2.05, 4.69) is 9.97 Å². The van der Waals surface area contributed by atoms with Crippen LogP contribution in [0.2, 0.25) is 0 Å². The van der Waals surface area contributed by atoms with Crippen molar-refractivity contribution in [3.8, 4) is 10.4 Å². The molecule has 0 unspecified atom stereocenters. The van der Waals surface area contributed by atoms with E-state index in [4.69, 9.17) is 0 Å². The fraction of sp³-hybridized carbons (Fsp3) is 0.238. The molecule has 9 heteroatoms. The van der Waals surface area contributed by atoms with E-state index < -0.39 is 15.6 Å². The molecule has 3 aromatic heterocycles. The van der Waals surface area contributed by atoms with Crippen molar-refractivity contribution in [3.63, 3.8) is 0 Å². The third-order valence-corrected chi connectivity index (χ3v) is 9.59. The van der Waals surface area contributed by atoms with Crippen molar-refractivity contribution in [3.05, 3.63) is 63.1 Å².